The lowest BCUT2D eigenvalue weighted by atomic mass is 10.1. The average molecular weight is 496 g/mol. The van der Waals surface area contributed by atoms with Gasteiger partial charge in [-0.3, -0.25) is 19.0 Å². The second-order valence-electron chi connectivity index (χ2n) is 8.14. The summed E-state index contributed by atoms with van der Waals surface area (Å²) in [7, 11) is 0. The number of fused-ring (bicyclic) bond motifs is 1. The van der Waals surface area contributed by atoms with Gasteiger partial charge in [0.1, 0.15) is 0 Å². The Balaban J connectivity index is 1.43. The molecule has 0 saturated heterocycles. The summed E-state index contributed by atoms with van der Waals surface area (Å²) in [5, 5.41) is 3.78. The van der Waals surface area contributed by atoms with Crippen molar-refractivity contribution in [3.8, 4) is 0 Å². The van der Waals surface area contributed by atoms with Gasteiger partial charge in [-0.05, 0) is 42.8 Å². The van der Waals surface area contributed by atoms with E-state index in [1.165, 1.54) is 22.4 Å². The Hall–Kier alpha value is -4.23. The first-order valence-electron chi connectivity index (χ1n) is 11.4. The van der Waals surface area contributed by atoms with Gasteiger partial charge < -0.3 is 5.32 Å². The van der Waals surface area contributed by atoms with E-state index in [2.05, 4.69) is 16.9 Å². The molecule has 4 aromatic rings. The molecule has 0 fully saturated rings. The molecule has 1 amide bonds. The van der Waals surface area contributed by atoms with E-state index < -0.39 is 0 Å². The summed E-state index contributed by atoms with van der Waals surface area (Å²) in [5.74, 6) is -0.379. The van der Waals surface area contributed by atoms with Gasteiger partial charge in [-0.1, -0.05) is 78.0 Å². The Morgan fingerprint density at radius 1 is 1.06 bits per heavy atom. The molecule has 0 atom stereocenters. The van der Waals surface area contributed by atoms with Crippen LogP contribution >= 0.6 is 11.8 Å². The van der Waals surface area contributed by atoms with Crippen molar-refractivity contribution in [2.75, 3.05) is 11.1 Å². The molecule has 1 N–H and O–H groups in total. The van der Waals surface area contributed by atoms with Gasteiger partial charge in [-0.2, -0.15) is 0 Å². The number of thioether (sulfide) groups is 1. The van der Waals surface area contributed by atoms with Gasteiger partial charge in [0.25, 0.3) is 5.56 Å². The second kappa shape index (κ2) is 11.5. The van der Waals surface area contributed by atoms with Crippen LogP contribution in [0.5, 0.6) is 0 Å². The van der Waals surface area contributed by atoms with E-state index in [0.717, 1.165) is 11.1 Å². The predicted molar refractivity (Wildman–Crippen MR) is 147 cm³/mol. The van der Waals surface area contributed by atoms with Gasteiger partial charge in [-0.15, -0.1) is 6.58 Å². The van der Waals surface area contributed by atoms with Gasteiger partial charge in [-0.25, -0.2) is 4.98 Å². The van der Waals surface area contributed by atoms with E-state index in [9.17, 15) is 14.4 Å². The number of nitrogens with zero attached hydrogens (tertiary/aromatic N) is 2. The Morgan fingerprint density at radius 2 is 1.83 bits per heavy atom. The molecule has 4 rings (SSSR count). The molecule has 7 heteroatoms. The van der Waals surface area contributed by atoms with Crippen molar-refractivity contribution in [1.82, 2.24) is 9.55 Å². The number of aryl methyl sites for hydroxylation is 1. The highest BCUT2D eigenvalue weighted by molar-refractivity contribution is 7.99. The zero-order valence-electron chi connectivity index (χ0n) is 19.8. The van der Waals surface area contributed by atoms with E-state index in [-0.39, 0.29) is 23.0 Å². The topological polar surface area (TPSA) is 81.1 Å². The number of carbonyl (C=O) groups excluding carboxylic acids is 2. The fourth-order valence-corrected chi connectivity index (χ4v) is 4.38. The first kappa shape index (κ1) is 24.9. The van der Waals surface area contributed by atoms with Crippen LogP contribution in [0.4, 0.5) is 5.69 Å². The highest BCUT2D eigenvalue weighted by atomic mass is 32.2. The molecule has 0 aliphatic carbocycles. The largest absolute Gasteiger partial charge is 0.325 e. The summed E-state index contributed by atoms with van der Waals surface area (Å²) in [4.78, 5) is 42.7. The standard InChI is InChI=1S/C29H25N3O3S/c1-3-17-32-28(35)24-9-4-5-10-25(24)31-29(32)36-19-27(34)30-23-8-6-7-22(18-23)26(33)16-15-21-13-11-20(2)12-14-21/h3-16,18H,1,17,19H2,2H3,(H,30,34)/b16-15+. The van der Waals surface area contributed by atoms with Gasteiger partial charge >= 0.3 is 0 Å². The highest BCUT2D eigenvalue weighted by Gasteiger charge is 2.13. The van der Waals surface area contributed by atoms with E-state index in [1.807, 2.05) is 37.3 Å². The van der Waals surface area contributed by atoms with E-state index in [0.29, 0.717) is 33.9 Å². The fraction of sp³-hybridized carbons (Fsp3) is 0.103. The van der Waals surface area contributed by atoms with Crippen molar-refractivity contribution in [2.24, 2.45) is 0 Å². The Labute approximate surface area is 213 Å². The summed E-state index contributed by atoms with van der Waals surface area (Å²) in [6.45, 7) is 6.02. The molecule has 0 spiro atoms. The van der Waals surface area contributed by atoms with Crippen LogP contribution < -0.4 is 10.9 Å². The first-order chi connectivity index (χ1) is 17.4. The zero-order valence-corrected chi connectivity index (χ0v) is 20.6. The van der Waals surface area contributed by atoms with Crippen molar-refractivity contribution in [3.63, 3.8) is 0 Å². The van der Waals surface area contributed by atoms with Crippen LogP contribution in [0, 0.1) is 6.92 Å². The Morgan fingerprint density at radius 3 is 2.61 bits per heavy atom. The molecule has 36 heavy (non-hydrogen) atoms. The number of para-hydroxylation sites is 1. The lowest BCUT2D eigenvalue weighted by molar-refractivity contribution is -0.113. The molecule has 6 nitrogen and oxygen atoms in total. The van der Waals surface area contributed by atoms with Crippen LogP contribution in [0.25, 0.3) is 17.0 Å². The molecule has 180 valence electrons. The number of ketones is 1. The van der Waals surface area contributed by atoms with Crippen molar-refractivity contribution in [1.29, 1.82) is 0 Å². The first-order valence-corrected chi connectivity index (χ1v) is 12.4. The quantitative estimate of drug-likeness (QED) is 0.109. The predicted octanol–water partition coefficient (Wildman–Crippen LogP) is 5.52. The number of nitrogens with one attached hydrogen (secondary N) is 1. The van der Waals surface area contributed by atoms with E-state index in [1.54, 1.807) is 54.6 Å². The minimum absolute atomic E-state index is 0.0490. The molecular weight excluding hydrogens is 470 g/mol. The number of rotatable bonds is 9. The number of allylic oxidation sites excluding steroid dienone is 2. The maximum Gasteiger partial charge on any atom is 0.262 e. The summed E-state index contributed by atoms with van der Waals surface area (Å²) in [6.07, 6.45) is 4.91. The van der Waals surface area contributed by atoms with Crippen molar-refractivity contribution < 1.29 is 9.59 Å². The third kappa shape index (κ3) is 6.06. The molecule has 1 aromatic heterocycles. The number of aromatic nitrogens is 2. The molecular formula is C29H25N3O3S. The van der Waals surface area contributed by atoms with E-state index in [4.69, 9.17) is 0 Å². The molecule has 3 aromatic carbocycles. The third-order valence-electron chi connectivity index (χ3n) is 5.41. The molecule has 0 saturated carbocycles. The minimum Gasteiger partial charge on any atom is -0.325 e. The lowest BCUT2D eigenvalue weighted by Crippen LogP contribution is -2.23. The number of anilines is 1. The van der Waals surface area contributed by atoms with Gasteiger partial charge in [0.2, 0.25) is 5.91 Å². The average Bonchev–Trinajstić information content (AvgIpc) is 2.89. The molecule has 1 heterocycles. The van der Waals surface area contributed by atoms with Crippen LogP contribution in [0.3, 0.4) is 0 Å². The van der Waals surface area contributed by atoms with Gasteiger partial charge in [0, 0.05) is 17.8 Å². The molecule has 0 bridgehead atoms. The van der Waals surface area contributed by atoms with Crippen molar-refractivity contribution in [2.45, 2.75) is 18.6 Å². The third-order valence-corrected chi connectivity index (χ3v) is 6.38. The Bertz CT molecular complexity index is 1520. The SMILES string of the molecule is C=CCn1c(SCC(=O)Nc2cccc(C(=O)/C=C/c3ccc(C)cc3)c2)nc2ccccc2c1=O. The second-order valence-corrected chi connectivity index (χ2v) is 9.08. The molecule has 0 radical (unpaired) electrons. The summed E-state index contributed by atoms with van der Waals surface area (Å²) >= 11 is 1.17. The minimum atomic E-state index is -0.271. The summed E-state index contributed by atoms with van der Waals surface area (Å²) in [6, 6.07) is 21.8. The van der Waals surface area contributed by atoms with Crippen LogP contribution in [0.1, 0.15) is 21.5 Å². The van der Waals surface area contributed by atoms with Crippen molar-refractivity contribution in [3.05, 3.63) is 119 Å². The smallest absolute Gasteiger partial charge is 0.262 e. The molecule has 0 aliphatic heterocycles. The Kier molecular flexibility index (Phi) is 7.92. The molecule has 0 aliphatic rings. The maximum absolute atomic E-state index is 12.9. The number of benzene rings is 3. The number of amides is 1. The maximum atomic E-state index is 12.9. The van der Waals surface area contributed by atoms with Crippen LogP contribution in [0.15, 0.2) is 101 Å². The number of hydrogen-bond donors (Lipinski definition) is 1. The zero-order chi connectivity index (χ0) is 25.5. The normalized spacial score (nSPS) is 11.0. The van der Waals surface area contributed by atoms with Crippen molar-refractivity contribution >= 4 is 46.1 Å². The van der Waals surface area contributed by atoms with Crippen LogP contribution in [0.2, 0.25) is 0 Å². The summed E-state index contributed by atoms with van der Waals surface area (Å²) < 4.78 is 1.51. The highest BCUT2D eigenvalue weighted by Crippen LogP contribution is 2.19. The van der Waals surface area contributed by atoms with Gasteiger partial charge in [0.15, 0.2) is 10.9 Å². The monoisotopic (exact) mass is 495 g/mol. The van der Waals surface area contributed by atoms with Crippen LogP contribution in [-0.2, 0) is 11.3 Å². The van der Waals surface area contributed by atoms with Crippen LogP contribution in [-0.4, -0.2) is 27.0 Å². The molecule has 0 unspecified atom stereocenters. The fourth-order valence-electron chi connectivity index (χ4n) is 3.57. The number of hydrogen-bond acceptors (Lipinski definition) is 5. The van der Waals surface area contributed by atoms with E-state index >= 15 is 0 Å². The number of carbonyl (C=O) groups is 2. The lowest BCUT2D eigenvalue weighted by Gasteiger charge is -2.11. The summed E-state index contributed by atoms with van der Waals surface area (Å²) in [5.41, 5.74) is 3.49. The van der Waals surface area contributed by atoms with Gasteiger partial charge in [0.05, 0.1) is 16.7 Å².